The maximum absolute atomic E-state index is 6.14. The maximum atomic E-state index is 6.14. The van der Waals surface area contributed by atoms with Crippen molar-refractivity contribution < 1.29 is 0 Å². The smallest absolute Gasteiger partial charge is 0.229 e. The Bertz CT molecular complexity index is 628. The molecule has 0 aliphatic rings. The highest BCUT2D eigenvalue weighted by Gasteiger charge is 2.06. The van der Waals surface area contributed by atoms with Crippen LogP contribution in [0.4, 0.5) is 17.5 Å². The molecule has 2 aromatic rings. The van der Waals surface area contributed by atoms with E-state index in [1.165, 1.54) is 0 Å². The van der Waals surface area contributed by atoms with Crippen LogP contribution in [-0.2, 0) is 0 Å². The summed E-state index contributed by atoms with van der Waals surface area (Å²) in [6, 6.07) is 8.14. The van der Waals surface area contributed by atoms with Gasteiger partial charge in [-0.15, -0.1) is 0 Å². The Kier molecular flexibility index (Phi) is 5.02. The number of halogens is 1. The molecule has 0 fully saturated rings. The highest BCUT2D eigenvalue weighted by atomic mass is 35.5. The van der Waals surface area contributed by atoms with E-state index in [1.54, 1.807) is 0 Å². The van der Waals surface area contributed by atoms with E-state index in [0.29, 0.717) is 12.0 Å². The van der Waals surface area contributed by atoms with Crippen molar-refractivity contribution in [3.8, 4) is 0 Å². The lowest BCUT2D eigenvalue weighted by Crippen LogP contribution is -2.15. The van der Waals surface area contributed by atoms with Crippen LogP contribution >= 0.6 is 11.6 Å². The molecule has 1 aromatic heterocycles. The van der Waals surface area contributed by atoms with Crippen molar-refractivity contribution in [1.29, 1.82) is 0 Å². The number of nitrogens with zero attached hydrogens (tertiary/aromatic N) is 2. The monoisotopic (exact) mass is 304 g/mol. The van der Waals surface area contributed by atoms with Crippen LogP contribution in [0.3, 0.4) is 0 Å². The topological polar surface area (TPSA) is 49.8 Å². The minimum atomic E-state index is 0.376. The van der Waals surface area contributed by atoms with E-state index in [0.717, 1.165) is 34.2 Å². The molecule has 112 valence electrons. The fourth-order valence-corrected chi connectivity index (χ4v) is 2.03. The van der Waals surface area contributed by atoms with Gasteiger partial charge >= 0.3 is 0 Å². The molecule has 0 aliphatic heterocycles. The first-order chi connectivity index (χ1) is 9.97. The Morgan fingerprint density at radius 3 is 2.62 bits per heavy atom. The van der Waals surface area contributed by atoms with E-state index in [-0.39, 0.29) is 0 Å². The number of hydrogen-bond donors (Lipinski definition) is 2. The van der Waals surface area contributed by atoms with Gasteiger partial charge in [0.05, 0.1) is 0 Å². The van der Waals surface area contributed by atoms with E-state index in [1.807, 2.05) is 38.1 Å². The number of hydrogen-bond acceptors (Lipinski definition) is 4. The normalized spacial score (nSPS) is 12.0. The van der Waals surface area contributed by atoms with Crippen molar-refractivity contribution in [2.24, 2.45) is 0 Å². The second-order valence-corrected chi connectivity index (χ2v) is 5.67. The van der Waals surface area contributed by atoms with Gasteiger partial charge in [-0.25, -0.2) is 4.98 Å². The van der Waals surface area contributed by atoms with Crippen molar-refractivity contribution >= 4 is 29.1 Å². The van der Waals surface area contributed by atoms with Crippen molar-refractivity contribution in [1.82, 2.24) is 9.97 Å². The number of benzene rings is 1. The average molecular weight is 305 g/mol. The maximum Gasteiger partial charge on any atom is 0.229 e. The zero-order chi connectivity index (χ0) is 15.4. The number of rotatable bonds is 5. The lowest BCUT2D eigenvalue weighted by Gasteiger charge is -2.14. The summed E-state index contributed by atoms with van der Waals surface area (Å²) in [6.45, 7) is 8.20. The Hall–Kier alpha value is -1.81. The highest BCUT2D eigenvalue weighted by Crippen LogP contribution is 2.22. The third-order valence-electron chi connectivity index (χ3n) is 3.29. The average Bonchev–Trinajstić information content (AvgIpc) is 2.42. The van der Waals surface area contributed by atoms with Crippen LogP contribution in [0.5, 0.6) is 0 Å². The van der Waals surface area contributed by atoms with Crippen molar-refractivity contribution in [3.05, 3.63) is 40.5 Å². The third-order valence-corrected chi connectivity index (χ3v) is 3.70. The summed E-state index contributed by atoms with van der Waals surface area (Å²) in [5, 5.41) is 7.29. The molecule has 1 atom stereocenters. The zero-order valence-corrected chi connectivity index (χ0v) is 13.6. The molecule has 0 radical (unpaired) electrons. The van der Waals surface area contributed by atoms with Crippen LogP contribution in [0.2, 0.25) is 5.02 Å². The summed E-state index contributed by atoms with van der Waals surface area (Å²) in [6.07, 6.45) is 1.04. The quantitative estimate of drug-likeness (QED) is 0.840. The Morgan fingerprint density at radius 1 is 1.19 bits per heavy atom. The van der Waals surface area contributed by atoms with E-state index in [4.69, 9.17) is 11.6 Å². The molecular formula is C16H21ClN4. The van der Waals surface area contributed by atoms with E-state index in [2.05, 4.69) is 34.4 Å². The summed E-state index contributed by atoms with van der Waals surface area (Å²) in [5.74, 6) is 1.40. The fraction of sp³-hybridized carbons (Fsp3) is 0.375. The molecule has 4 nitrogen and oxygen atoms in total. The van der Waals surface area contributed by atoms with Crippen LogP contribution in [0.25, 0.3) is 0 Å². The minimum Gasteiger partial charge on any atom is -0.367 e. The van der Waals surface area contributed by atoms with Gasteiger partial charge in [-0.1, -0.05) is 24.6 Å². The van der Waals surface area contributed by atoms with Crippen LogP contribution in [0.1, 0.15) is 31.5 Å². The van der Waals surface area contributed by atoms with Gasteiger partial charge in [0.25, 0.3) is 0 Å². The molecule has 1 heterocycles. The second kappa shape index (κ2) is 6.76. The van der Waals surface area contributed by atoms with Crippen molar-refractivity contribution in [2.75, 3.05) is 10.6 Å². The number of aryl methyl sites for hydroxylation is 2. The van der Waals surface area contributed by atoms with Crippen LogP contribution in [0, 0.1) is 13.8 Å². The zero-order valence-electron chi connectivity index (χ0n) is 12.9. The molecule has 0 aliphatic carbocycles. The van der Waals surface area contributed by atoms with Gasteiger partial charge in [0.15, 0.2) is 0 Å². The SMILES string of the molecule is CCC(C)Nc1cc(C)nc(Nc2ccc(C)c(Cl)c2)n1. The van der Waals surface area contributed by atoms with Crippen molar-refractivity contribution in [3.63, 3.8) is 0 Å². The first-order valence-corrected chi connectivity index (χ1v) is 7.51. The summed E-state index contributed by atoms with van der Waals surface area (Å²) in [7, 11) is 0. The number of nitrogens with one attached hydrogen (secondary N) is 2. The van der Waals surface area contributed by atoms with E-state index < -0.39 is 0 Å². The standard InChI is InChI=1S/C16H21ClN4/c1-5-11(3)18-15-8-12(4)19-16(21-15)20-13-7-6-10(2)14(17)9-13/h6-9,11H,5H2,1-4H3,(H2,18,19,20,21). The molecule has 0 saturated heterocycles. The minimum absolute atomic E-state index is 0.376. The lowest BCUT2D eigenvalue weighted by atomic mass is 10.2. The van der Waals surface area contributed by atoms with E-state index >= 15 is 0 Å². The molecule has 2 N–H and O–H groups in total. The fourth-order valence-electron chi connectivity index (χ4n) is 1.85. The number of aromatic nitrogens is 2. The summed E-state index contributed by atoms with van der Waals surface area (Å²) in [4.78, 5) is 8.90. The molecule has 5 heteroatoms. The molecule has 1 unspecified atom stereocenters. The van der Waals surface area contributed by atoms with Crippen LogP contribution in [0.15, 0.2) is 24.3 Å². The third kappa shape index (κ3) is 4.33. The predicted octanol–water partition coefficient (Wildman–Crippen LogP) is 4.70. The van der Waals surface area contributed by atoms with Gasteiger partial charge in [0.2, 0.25) is 5.95 Å². The summed E-state index contributed by atoms with van der Waals surface area (Å²) >= 11 is 6.14. The van der Waals surface area contributed by atoms with Gasteiger partial charge in [-0.3, -0.25) is 0 Å². The van der Waals surface area contributed by atoms with Gasteiger partial charge in [0, 0.05) is 28.5 Å². The Balaban J connectivity index is 2.21. The van der Waals surface area contributed by atoms with Crippen molar-refractivity contribution in [2.45, 2.75) is 40.2 Å². The van der Waals surface area contributed by atoms with Gasteiger partial charge in [-0.2, -0.15) is 4.98 Å². The molecule has 21 heavy (non-hydrogen) atoms. The van der Waals surface area contributed by atoms with E-state index in [9.17, 15) is 0 Å². The Labute approximate surface area is 131 Å². The molecular weight excluding hydrogens is 284 g/mol. The number of anilines is 3. The van der Waals surface area contributed by atoms with Crippen LogP contribution in [-0.4, -0.2) is 16.0 Å². The molecule has 0 saturated carbocycles. The molecule has 0 bridgehead atoms. The first kappa shape index (κ1) is 15.6. The molecule has 0 amide bonds. The van der Waals surface area contributed by atoms with Gasteiger partial charge < -0.3 is 10.6 Å². The molecule has 0 spiro atoms. The largest absolute Gasteiger partial charge is 0.367 e. The second-order valence-electron chi connectivity index (χ2n) is 5.26. The highest BCUT2D eigenvalue weighted by molar-refractivity contribution is 6.31. The first-order valence-electron chi connectivity index (χ1n) is 7.13. The Morgan fingerprint density at radius 2 is 1.95 bits per heavy atom. The predicted molar refractivity (Wildman–Crippen MR) is 89.6 cm³/mol. The van der Waals surface area contributed by atoms with Crippen LogP contribution < -0.4 is 10.6 Å². The van der Waals surface area contributed by atoms with Gasteiger partial charge in [0.1, 0.15) is 5.82 Å². The summed E-state index contributed by atoms with van der Waals surface area (Å²) in [5.41, 5.74) is 2.84. The molecule has 2 rings (SSSR count). The molecule has 1 aromatic carbocycles. The lowest BCUT2D eigenvalue weighted by molar-refractivity contribution is 0.758. The van der Waals surface area contributed by atoms with Gasteiger partial charge in [-0.05, 0) is 44.9 Å². The summed E-state index contributed by atoms with van der Waals surface area (Å²) < 4.78 is 0.